The summed E-state index contributed by atoms with van der Waals surface area (Å²) in [5, 5.41) is 2.72. The number of hydrogen-bond acceptors (Lipinski definition) is 3. The monoisotopic (exact) mass is 254 g/mol. The van der Waals surface area contributed by atoms with Crippen molar-refractivity contribution in [3.05, 3.63) is 29.6 Å². The maximum absolute atomic E-state index is 13.7. The summed E-state index contributed by atoms with van der Waals surface area (Å²) in [5.41, 5.74) is 5.45. The first kappa shape index (κ1) is 14.4. The van der Waals surface area contributed by atoms with Crippen molar-refractivity contribution in [2.75, 3.05) is 13.7 Å². The maximum atomic E-state index is 13.7. The molecule has 0 aliphatic rings. The van der Waals surface area contributed by atoms with Gasteiger partial charge in [-0.3, -0.25) is 4.79 Å². The predicted molar refractivity (Wildman–Crippen MR) is 68.1 cm³/mol. The summed E-state index contributed by atoms with van der Waals surface area (Å²) in [7, 11) is 1.40. The molecule has 0 aliphatic heterocycles. The fourth-order valence-corrected chi connectivity index (χ4v) is 1.52. The van der Waals surface area contributed by atoms with Crippen molar-refractivity contribution >= 4 is 5.91 Å². The molecule has 5 heteroatoms. The molecule has 1 rings (SSSR count). The highest BCUT2D eigenvalue weighted by molar-refractivity contribution is 5.97. The van der Waals surface area contributed by atoms with Crippen LogP contribution in [-0.4, -0.2) is 25.6 Å². The summed E-state index contributed by atoms with van der Waals surface area (Å²) < 4.78 is 18.6. The van der Waals surface area contributed by atoms with Gasteiger partial charge in [-0.05, 0) is 31.5 Å². The van der Waals surface area contributed by atoms with Gasteiger partial charge < -0.3 is 15.8 Å². The molecule has 3 N–H and O–H groups in total. The Morgan fingerprint density at radius 3 is 2.72 bits per heavy atom. The van der Waals surface area contributed by atoms with Gasteiger partial charge in [0, 0.05) is 6.04 Å². The van der Waals surface area contributed by atoms with Gasteiger partial charge in [-0.2, -0.15) is 0 Å². The van der Waals surface area contributed by atoms with Gasteiger partial charge in [-0.15, -0.1) is 0 Å². The average Bonchev–Trinajstić information content (AvgIpc) is 2.36. The lowest BCUT2D eigenvalue weighted by molar-refractivity contribution is 0.0922. The van der Waals surface area contributed by atoms with Crippen molar-refractivity contribution in [1.82, 2.24) is 5.32 Å². The number of methoxy groups -OCH3 is 1. The number of rotatable bonds is 5. The van der Waals surface area contributed by atoms with Gasteiger partial charge in [-0.25, -0.2) is 4.39 Å². The van der Waals surface area contributed by atoms with E-state index >= 15 is 0 Å². The number of ether oxygens (including phenoxy) is 1. The molecule has 0 bridgehead atoms. The van der Waals surface area contributed by atoms with Gasteiger partial charge in [0.25, 0.3) is 5.91 Å². The van der Waals surface area contributed by atoms with Crippen LogP contribution < -0.4 is 15.8 Å². The Morgan fingerprint density at radius 2 is 2.17 bits per heavy atom. The Hall–Kier alpha value is -1.62. The quantitative estimate of drug-likeness (QED) is 0.838. The van der Waals surface area contributed by atoms with Crippen molar-refractivity contribution in [2.45, 2.75) is 19.9 Å². The standard InChI is InChI=1S/C13H19FN2O2/c1-8(7-15)9(2)16-13(17)12-10(14)5-4-6-11(12)18-3/h4-6,8-9H,7,15H2,1-3H3,(H,16,17). The zero-order valence-corrected chi connectivity index (χ0v) is 10.9. The molecule has 0 aliphatic carbocycles. The molecule has 0 heterocycles. The summed E-state index contributed by atoms with van der Waals surface area (Å²) >= 11 is 0. The molecule has 2 atom stereocenters. The first-order valence-electron chi connectivity index (χ1n) is 5.84. The molecule has 4 nitrogen and oxygen atoms in total. The molecule has 0 aromatic heterocycles. The van der Waals surface area contributed by atoms with Crippen LogP contribution in [0, 0.1) is 11.7 Å². The molecule has 0 fully saturated rings. The minimum atomic E-state index is -0.598. The zero-order valence-electron chi connectivity index (χ0n) is 10.9. The second-order valence-electron chi connectivity index (χ2n) is 4.29. The van der Waals surface area contributed by atoms with Crippen LogP contribution >= 0.6 is 0 Å². The van der Waals surface area contributed by atoms with Crippen LogP contribution in [0.1, 0.15) is 24.2 Å². The molecular weight excluding hydrogens is 235 g/mol. The lowest BCUT2D eigenvalue weighted by atomic mass is 10.0. The third kappa shape index (κ3) is 3.20. The molecule has 0 saturated carbocycles. The minimum absolute atomic E-state index is 0.0731. The van der Waals surface area contributed by atoms with E-state index in [9.17, 15) is 9.18 Å². The molecule has 0 spiro atoms. The first-order valence-corrected chi connectivity index (χ1v) is 5.84. The molecule has 1 aromatic rings. The van der Waals surface area contributed by atoms with E-state index in [1.807, 2.05) is 13.8 Å². The lowest BCUT2D eigenvalue weighted by Gasteiger charge is -2.20. The lowest BCUT2D eigenvalue weighted by Crippen LogP contribution is -2.40. The molecule has 18 heavy (non-hydrogen) atoms. The van der Waals surface area contributed by atoms with Crippen molar-refractivity contribution < 1.29 is 13.9 Å². The SMILES string of the molecule is COc1cccc(F)c1C(=O)NC(C)C(C)CN. The summed E-state index contributed by atoms with van der Waals surface area (Å²) in [6.45, 7) is 4.21. The van der Waals surface area contributed by atoms with E-state index in [4.69, 9.17) is 10.5 Å². The van der Waals surface area contributed by atoms with Crippen LogP contribution in [0.5, 0.6) is 5.75 Å². The first-order chi connectivity index (χ1) is 8.51. The smallest absolute Gasteiger partial charge is 0.258 e. The maximum Gasteiger partial charge on any atom is 0.258 e. The number of amides is 1. The fourth-order valence-electron chi connectivity index (χ4n) is 1.52. The summed E-state index contributed by atoms with van der Waals surface area (Å²) in [5.74, 6) is -0.746. The number of carbonyl (C=O) groups is 1. The number of hydrogen-bond donors (Lipinski definition) is 2. The van der Waals surface area contributed by atoms with E-state index in [0.29, 0.717) is 6.54 Å². The van der Waals surface area contributed by atoms with Gasteiger partial charge in [0.1, 0.15) is 17.1 Å². The summed E-state index contributed by atoms with van der Waals surface area (Å²) in [6.07, 6.45) is 0. The molecule has 0 radical (unpaired) electrons. The van der Waals surface area contributed by atoms with Crippen molar-refractivity contribution in [1.29, 1.82) is 0 Å². The highest BCUT2D eigenvalue weighted by Crippen LogP contribution is 2.21. The molecule has 1 amide bonds. The van der Waals surface area contributed by atoms with E-state index in [1.165, 1.54) is 19.2 Å². The number of carbonyl (C=O) groups excluding carboxylic acids is 1. The Kier molecular flexibility index (Phi) is 5.09. The Bertz CT molecular complexity index is 423. The Labute approximate surface area is 106 Å². The minimum Gasteiger partial charge on any atom is -0.496 e. The van der Waals surface area contributed by atoms with Gasteiger partial charge >= 0.3 is 0 Å². The number of halogens is 1. The van der Waals surface area contributed by atoms with Crippen LogP contribution in [0.4, 0.5) is 4.39 Å². The highest BCUT2D eigenvalue weighted by atomic mass is 19.1. The van der Waals surface area contributed by atoms with Gasteiger partial charge in [0.15, 0.2) is 0 Å². The van der Waals surface area contributed by atoms with Crippen LogP contribution in [0.15, 0.2) is 18.2 Å². The van der Waals surface area contributed by atoms with E-state index in [2.05, 4.69) is 5.32 Å². The van der Waals surface area contributed by atoms with Crippen molar-refractivity contribution in [3.8, 4) is 5.75 Å². The normalized spacial score (nSPS) is 13.8. The van der Waals surface area contributed by atoms with Crippen LogP contribution in [-0.2, 0) is 0 Å². The number of nitrogens with one attached hydrogen (secondary N) is 1. The third-order valence-corrected chi connectivity index (χ3v) is 3.01. The van der Waals surface area contributed by atoms with Gasteiger partial charge in [-0.1, -0.05) is 13.0 Å². The average molecular weight is 254 g/mol. The zero-order chi connectivity index (χ0) is 13.7. The van der Waals surface area contributed by atoms with E-state index in [-0.39, 0.29) is 23.3 Å². The van der Waals surface area contributed by atoms with Crippen LogP contribution in [0.3, 0.4) is 0 Å². The predicted octanol–water partition coefficient (Wildman–Crippen LogP) is 1.55. The second-order valence-corrected chi connectivity index (χ2v) is 4.29. The largest absolute Gasteiger partial charge is 0.496 e. The number of nitrogens with two attached hydrogens (primary N) is 1. The molecule has 0 saturated heterocycles. The summed E-state index contributed by atoms with van der Waals surface area (Å²) in [4.78, 5) is 12.0. The highest BCUT2D eigenvalue weighted by Gasteiger charge is 2.20. The molecule has 2 unspecified atom stereocenters. The Morgan fingerprint density at radius 1 is 1.50 bits per heavy atom. The van der Waals surface area contributed by atoms with E-state index < -0.39 is 11.7 Å². The van der Waals surface area contributed by atoms with Crippen molar-refractivity contribution in [3.63, 3.8) is 0 Å². The van der Waals surface area contributed by atoms with E-state index in [0.717, 1.165) is 0 Å². The third-order valence-electron chi connectivity index (χ3n) is 3.01. The molecule has 100 valence electrons. The topological polar surface area (TPSA) is 64.3 Å². The van der Waals surface area contributed by atoms with Crippen LogP contribution in [0.25, 0.3) is 0 Å². The van der Waals surface area contributed by atoms with Crippen molar-refractivity contribution in [2.24, 2.45) is 11.7 Å². The van der Waals surface area contributed by atoms with Crippen LogP contribution in [0.2, 0.25) is 0 Å². The summed E-state index contributed by atoms with van der Waals surface area (Å²) in [6, 6.07) is 4.15. The van der Waals surface area contributed by atoms with E-state index in [1.54, 1.807) is 6.07 Å². The number of benzene rings is 1. The molecular formula is C13H19FN2O2. The van der Waals surface area contributed by atoms with Gasteiger partial charge in [0.2, 0.25) is 0 Å². The van der Waals surface area contributed by atoms with Gasteiger partial charge in [0.05, 0.1) is 7.11 Å². The fraction of sp³-hybridized carbons (Fsp3) is 0.462. The Balaban J connectivity index is 2.91. The second kappa shape index (κ2) is 6.35. The molecule has 1 aromatic carbocycles.